The molecular weight excluding hydrogens is 386 g/mol. The van der Waals surface area contributed by atoms with Gasteiger partial charge in [-0.05, 0) is 44.2 Å². The summed E-state index contributed by atoms with van der Waals surface area (Å²) in [7, 11) is 1.47. The summed E-state index contributed by atoms with van der Waals surface area (Å²) < 4.78 is 21.1. The average Bonchev–Trinajstić information content (AvgIpc) is 2.67. The molecule has 0 aliphatic rings. The van der Waals surface area contributed by atoms with Crippen molar-refractivity contribution in [3.63, 3.8) is 0 Å². The fraction of sp³-hybridized carbons (Fsp3) is 0.300. The minimum Gasteiger partial charge on any atom is -0.495 e. The average molecular weight is 408 g/mol. The van der Waals surface area contributed by atoms with Gasteiger partial charge in [0.15, 0.2) is 24.2 Å². The summed E-state index contributed by atoms with van der Waals surface area (Å²) in [5.41, 5.74) is 0.379. The van der Waals surface area contributed by atoms with E-state index in [1.807, 2.05) is 6.92 Å². The third-order valence-corrected chi connectivity index (χ3v) is 3.83. The van der Waals surface area contributed by atoms with Gasteiger partial charge in [-0.25, -0.2) is 4.79 Å². The Balaban J connectivity index is 1.90. The van der Waals surface area contributed by atoms with Crippen LogP contribution in [-0.2, 0) is 14.3 Å². The van der Waals surface area contributed by atoms with Crippen LogP contribution in [0.25, 0.3) is 0 Å². The second-order valence-corrected chi connectivity index (χ2v) is 6.07. The first-order valence-electron chi connectivity index (χ1n) is 8.63. The fourth-order valence-electron chi connectivity index (χ4n) is 2.28. The number of nitrogens with one attached hydrogen (secondary N) is 1. The van der Waals surface area contributed by atoms with Crippen LogP contribution in [-0.4, -0.2) is 38.3 Å². The quantitative estimate of drug-likeness (QED) is 0.638. The van der Waals surface area contributed by atoms with Gasteiger partial charge in [0.05, 0.1) is 19.4 Å². The number of anilines is 1. The molecule has 1 N–H and O–H groups in total. The fourth-order valence-corrected chi connectivity index (χ4v) is 2.45. The third-order valence-electron chi connectivity index (χ3n) is 3.59. The normalized spacial score (nSPS) is 11.3. The second kappa shape index (κ2) is 10.4. The van der Waals surface area contributed by atoms with Crippen LogP contribution in [0.3, 0.4) is 0 Å². The summed E-state index contributed by atoms with van der Waals surface area (Å²) in [4.78, 5) is 24.3. The van der Waals surface area contributed by atoms with E-state index in [9.17, 15) is 9.59 Å². The molecule has 0 spiro atoms. The minimum absolute atomic E-state index is 0.359. The van der Waals surface area contributed by atoms with E-state index < -0.39 is 18.0 Å². The van der Waals surface area contributed by atoms with E-state index in [0.717, 1.165) is 0 Å². The van der Waals surface area contributed by atoms with Crippen molar-refractivity contribution in [3.8, 4) is 17.2 Å². The van der Waals surface area contributed by atoms with E-state index in [2.05, 4.69) is 5.32 Å². The number of hydrogen-bond acceptors (Lipinski definition) is 6. The molecule has 1 amide bonds. The molecule has 0 bridgehead atoms. The summed E-state index contributed by atoms with van der Waals surface area (Å²) in [5, 5.41) is 3.05. The molecule has 0 aromatic heterocycles. The van der Waals surface area contributed by atoms with Crippen molar-refractivity contribution in [1.29, 1.82) is 0 Å². The smallest absolute Gasteiger partial charge is 0.344 e. The maximum absolute atomic E-state index is 12.3. The van der Waals surface area contributed by atoms with Gasteiger partial charge in [-0.2, -0.15) is 0 Å². The first-order valence-corrected chi connectivity index (χ1v) is 9.01. The van der Waals surface area contributed by atoms with Crippen LogP contribution in [0.1, 0.15) is 13.8 Å². The van der Waals surface area contributed by atoms with Crippen LogP contribution in [0, 0.1) is 0 Å². The van der Waals surface area contributed by atoms with Gasteiger partial charge in [0.2, 0.25) is 0 Å². The summed E-state index contributed by atoms with van der Waals surface area (Å²) in [5.74, 6) is 0.168. The Kier molecular flexibility index (Phi) is 7.95. The van der Waals surface area contributed by atoms with Crippen molar-refractivity contribution in [2.75, 3.05) is 25.6 Å². The van der Waals surface area contributed by atoms with Gasteiger partial charge in [-0.3, -0.25) is 4.79 Å². The maximum Gasteiger partial charge on any atom is 0.344 e. The SMILES string of the molecule is CCOc1ccccc1OCC(=O)O[C@H](C)C(=O)Nc1cc(Cl)ccc1OC. The molecule has 0 aliphatic carbocycles. The maximum atomic E-state index is 12.3. The van der Waals surface area contributed by atoms with Crippen LogP contribution >= 0.6 is 11.6 Å². The number of carbonyl (C=O) groups is 2. The number of esters is 1. The van der Waals surface area contributed by atoms with Crippen molar-refractivity contribution < 1.29 is 28.5 Å². The Hall–Kier alpha value is -2.93. The first kappa shape index (κ1) is 21.4. The predicted octanol–water partition coefficient (Wildman–Crippen LogP) is 3.70. The zero-order valence-corrected chi connectivity index (χ0v) is 16.6. The Labute approximate surface area is 168 Å². The molecule has 8 heteroatoms. The molecule has 0 aliphatic heterocycles. The number of halogens is 1. The van der Waals surface area contributed by atoms with Crippen LogP contribution in [0.4, 0.5) is 5.69 Å². The molecule has 28 heavy (non-hydrogen) atoms. The van der Waals surface area contributed by atoms with E-state index in [-0.39, 0.29) is 6.61 Å². The van der Waals surface area contributed by atoms with E-state index in [4.69, 9.17) is 30.5 Å². The van der Waals surface area contributed by atoms with Crippen LogP contribution in [0.2, 0.25) is 5.02 Å². The van der Waals surface area contributed by atoms with Crippen molar-refractivity contribution in [2.45, 2.75) is 20.0 Å². The Morgan fingerprint density at radius 1 is 1.07 bits per heavy atom. The van der Waals surface area contributed by atoms with Gasteiger partial charge in [0, 0.05) is 5.02 Å². The second-order valence-electron chi connectivity index (χ2n) is 5.63. The van der Waals surface area contributed by atoms with Crippen molar-refractivity contribution >= 4 is 29.2 Å². The Morgan fingerprint density at radius 2 is 1.75 bits per heavy atom. The third kappa shape index (κ3) is 6.06. The summed E-state index contributed by atoms with van der Waals surface area (Å²) in [6, 6.07) is 11.8. The largest absolute Gasteiger partial charge is 0.495 e. The van der Waals surface area contributed by atoms with Crippen LogP contribution < -0.4 is 19.5 Å². The van der Waals surface area contributed by atoms with Crippen molar-refractivity contribution in [2.24, 2.45) is 0 Å². The number of methoxy groups -OCH3 is 1. The molecule has 0 heterocycles. The van der Waals surface area contributed by atoms with Gasteiger partial charge in [0.1, 0.15) is 5.75 Å². The highest BCUT2D eigenvalue weighted by atomic mass is 35.5. The molecule has 2 aromatic carbocycles. The highest BCUT2D eigenvalue weighted by Gasteiger charge is 2.20. The van der Waals surface area contributed by atoms with Crippen molar-refractivity contribution in [3.05, 3.63) is 47.5 Å². The van der Waals surface area contributed by atoms with Gasteiger partial charge in [-0.15, -0.1) is 0 Å². The molecule has 0 unspecified atom stereocenters. The van der Waals surface area contributed by atoms with E-state index in [0.29, 0.717) is 34.6 Å². The zero-order chi connectivity index (χ0) is 20.5. The molecule has 1 atom stereocenters. The number of hydrogen-bond donors (Lipinski definition) is 1. The molecule has 2 rings (SSSR count). The molecule has 150 valence electrons. The molecular formula is C20H22ClNO6. The molecule has 2 aromatic rings. The number of rotatable bonds is 9. The lowest BCUT2D eigenvalue weighted by Gasteiger charge is -2.16. The zero-order valence-electron chi connectivity index (χ0n) is 15.9. The lowest BCUT2D eigenvalue weighted by molar-refractivity contribution is -0.155. The number of carbonyl (C=O) groups excluding carboxylic acids is 2. The van der Waals surface area contributed by atoms with E-state index in [1.165, 1.54) is 14.0 Å². The van der Waals surface area contributed by atoms with Gasteiger partial charge < -0.3 is 24.3 Å². The molecule has 0 fully saturated rings. The van der Waals surface area contributed by atoms with Crippen LogP contribution in [0.5, 0.6) is 17.2 Å². The molecule has 0 saturated heterocycles. The Morgan fingerprint density at radius 3 is 2.39 bits per heavy atom. The van der Waals surface area contributed by atoms with Gasteiger partial charge in [0.25, 0.3) is 5.91 Å². The summed E-state index contributed by atoms with van der Waals surface area (Å²) >= 11 is 5.94. The number of amides is 1. The standard InChI is InChI=1S/C20H22ClNO6/c1-4-26-17-7-5-6-8-18(17)27-12-19(23)28-13(2)20(24)22-15-11-14(21)9-10-16(15)25-3/h5-11,13H,4,12H2,1-3H3,(H,22,24)/t13-/m1/s1. The van der Waals surface area contributed by atoms with Gasteiger partial charge >= 0.3 is 5.97 Å². The lowest BCUT2D eigenvalue weighted by Crippen LogP contribution is -2.31. The highest BCUT2D eigenvalue weighted by molar-refractivity contribution is 6.31. The molecule has 0 saturated carbocycles. The van der Waals surface area contributed by atoms with E-state index in [1.54, 1.807) is 42.5 Å². The predicted molar refractivity (Wildman–Crippen MR) is 105 cm³/mol. The number of benzene rings is 2. The number of ether oxygens (including phenoxy) is 4. The van der Waals surface area contributed by atoms with Crippen molar-refractivity contribution in [1.82, 2.24) is 0 Å². The molecule has 7 nitrogen and oxygen atoms in total. The summed E-state index contributed by atoms with van der Waals surface area (Å²) in [6.45, 7) is 3.41. The first-order chi connectivity index (χ1) is 13.4. The van der Waals surface area contributed by atoms with Crippen LogP contribution in [0.15, 0.2) is 42.5 Å². The highest BCUT2D eigenvalue weighted by Crippen LogP contribution is 2.28. The lowest BCUT2D eigenvalue weighted by atomic mass is 10.2. The van der Waals surface area contributed by atoms with E-state index >= 15 is 0 Å². The Bertz CT molecular complexity index is 826. The van der Waals surface area contributed by atoms with Gasteiger partial charge in [-0.1, -0.05) is 23.7 Å². The monoisotopic (exact) mass is 407 g/mol. The summed E-state index contributed by atoms with van der Waals surface area (Å²) in [6.07, 6.45) is -1.04. The number of para-hydroxylation sites is 2. The topological polar surface area (TPSA) is 83.1 Å². The molecule has 0 radical (unpaired) electrons. The minimum atomic E-state index is -1.04.